The number of hydrogen-bond acceptors (Lipinski definition) is 2. The molecule has 0 aliphatic heterocycles. The van der Waals surface area contributed by atoms with Gasteiger partial charge in [-0.05, 0) is 42.3 Å². The summed E-state index contributed by atoms with van der Waals surface area (Å²) in [5.41, 5.74) is 3.58. The van der Waals surface area contributed by atoms with Crippen LogP contribution < -0.4 is 0 Å². The molecule has 0 saturated heterocycles. The van der Waals surface area contributed by atoms with Crippen LogP contribution in [0.5, 0.6) is 0 Å². The van der Waals surface area contributed by atoms with Crippen LogP contribution in [0.4, 0.5) is 0 Å². The Kier molecular flexibility index (Phi) is 3.66. The molecule has 0 aliphatic carbocycles. The van der Waals surface area contributed by atoms with Gasteiger partial charge in [0.2, 0.25) is 0 Å². The molecular formula is C17H11Cl2NO. The molecule has 0 amide bonds. The summed E-state index contributed by atoms with van der Waals surface area (Å²) in [6.07, 6.45) is 0. The van der Waals surface area contributed by atoms with Crippen LogP contribution in [0.1, 0.15) is 15.9 Å². The molecule has 3 aromatic rings. The number of carbonyl (C=O) groups excluding carboxylic acids is 1. The molecule has 0 aliphatic rings. The van der Waals surface area contributed by atoms with Crippen LogP contribution in [-0.2, 0) is 0 Å². The molecule has 21 heavy (non-hydrogen) atoms. The zero-order chi connectivity index (χ0) is 15.0. The third-order valence-electron chi connectivity index (χ3n) is 3.43. The Bertz CT molecular complexity index is 859. The van der Waals surface area contributed by atoms with Crippen LogP contribution in [0.15, 0.2) is 48.5 Å². The van der Waals surface area contributed by atoms with E-state index < -0.39 is 5.24 Å². The minimum absolute atomic E-state index is 0.477. The van der Waals surface area contributed by atoms with Crippen LogP contribution in [0, 0.1) is 6.92 Å². The first kappa shape index (κ1) is 14.1. The van der Waals surface area contributed by atoms with Gasteiger partial charge >= 0.3 is 0 Å². The number of aromatic nitrogens is 1. The number of carbonyl (C=O) groups is 1. The molecule has 2 aromatic carbocycles. The molecule has 0 fully saturated rings. The quantitative estimate of drug-likeness (QED) is 0.605. The largest absolute Gasteiger partial charge is 0.276 e. The van der Waals surface area contributed by atoms with Gasteiger partial charge in [-0.15, -0.1) is 0 Å². The summed E-state index contributed by atoms with van der Waals surface area (Å²) in [5, 5.41) is 0.913. The molecule has 2 nitrogen and oxygen atoms in total. The third-order valence-corrected chi connectivity index (χ3v) is 3.85. The number of fused-ring (bicyclic) bond motifs is 1. The van der Waals surface area contributed by atoms with Crippen LogP contribution in [-0.4, -0.2) is 10.2 Å². The van der Waals surface area contributed by atoms with Crippen molar-refractivity contribution < 1.29 is 4.79 Å². The number of benzene rings is 2. The number of nitrogens with zero attached hydrogens (tertiary/aromatic N) is 1. The van der Waals surface area contributed by atoms with Crippen molar-refractivity contribution in [3.8, 4) is 11.3 Å². The van der Waals surface area contributed by atoms with Crippen LogP contribution in [0.25, 0.3) is 22.2 Å². The number of rotatable bonds is 2. The van der Waals surface area contributed by atoms with Crippen molar-refractivity contribution in [3.05, 3.63) is 64.7 Å². The van der Waals surface area contributed by atoms with Gasteiger partial charge in [0.15, 0.2) is 0 Å². The maximum absolute atomic E-state index is 11.8. The van der Waals surface area contributed by atoms with Crippen molar-refractivity contribution in [1.82, 2.24) is 4.98 Å². The molecule has 4 heteroatoms. The fourth-order valence-electron chi connectivity index (χ4n) is 2.48. The summed E-state index contributed by atoms with van der Waals surface area (Å²) in [5.74, 6) is 0. The average molecular weight is 316 g/mol. The average Bonchev–Trinajstić information content (AvgIpc) is 2.46. The first-order valence-corrected chi connectivity index (χ1v) is 7.18. The molecule has 0 spiro atoms. The second-order valence-corrected chi connectivity index (χ2v) is 5.54. The summed E-state index contributed by atoms with van der Waals surface area (Å²) in [6, 6.07) is 14.9. The molecule has 104 valence electrons. The van der Waals surface area contributed by atoms with Gasteiger partial charge in [0.05, 0.1) is 11.2 Å². The van der Waals surface area contributed by atoms with E-state index in [0.29, 0.717) is 10.6 Å². The van der Waals surface area contributed by atoms with Gasteiger partial charge < -0.3 is 0 Å². The lowest BCUT2D eigenvalue weighted by Gasteiger charge is -2.12. The summed E-state index contributed by atoms with van der Waals surface area (Å²) >= 11 is 11.8. The molecule has 1 aromatic heterocycles. The van der Waals surface area contributed by atoms with Crippen molar-refractivity contribution >= 4 is 39.3 Å². The molecule has 0 N–H and O–H groups in total. The summed E-state index contributed by atoms with van der Waals surface area (Å²) in [4.78, 5) is 16.5. The number of hydrogen-bond donors (Lipinski definition) is 0. The maximum atomic E-state index is 11.8. The van der Waals surface area contributed by atoms with E-state index in [4.69, 9.17) is 23.2 Å². The van der Waals surface area contributed by atoms with E-state index in [2.05, 4.69) is 4.98 Å². The topological polar surface area (TPSA) is 30.0 Å². The van der Waals surface area contributed by atoms with E-state index in [9.17, 15) is 4.79 Å². The van der Waals surface area contributed by atoms with Crippen molar-refractivity contribution in [2.75, 3.05) is 0 Å². The molecule has 3 rings (SSSR count). The Morgan fingerprint density at radius 3 is 2.57 bits per heavy atom. The molecule has 0 radical (unpaired) electrons. The van der Waals surface area contributed by atoms with Gasteiger partial charge in [-0.25, -0.2) is 4.98 Å². The molecular weight excluding hydrogens is 305 g/mol. The number of para-hydroxylation sites is 1. The van der Waals surface area contributed by atoms with Gasteiger partial charge in [0, 0.05) is 21.5 Å². The standard InChI is InChI=1S/C17H11Cl2NO/c1-10-15(17(19)21)13-7-2-3-8-14(13)20-16(10)11-5-4-6-12(18)9-11/h2-9H,1H3. The Morgan fingerprint density at radius 2 is 1.86 bits per heavy atom. The van der Waals surface area contributed by atoms with Gasteiger partial charge in [0.25, 0.3) is 5.24 Å². The molecule has 0 bridgehead atoms. The Morgan fingerprint density at radius 1 is 1.10 bits per heavy atom. The minimum Gasteiger partial charge on any atom is -0.276 e. The normalized spacial score (nSPS) is 10.8. The van der Waals surface area contributed by atoms with E-state index in [-0.39, 0.29) is 0 Å². The Hall–Kier alpha value is -1.90. The fraction of sp³-hybridized carbons (Fsp3) is 0.0588. The highest BCUT2D eigenvalue weighted by atomic mass is 35.5. The Balaban J connectivity index is 2.39. The van der Waals surface area contributed by atoms with Crippen molar-refractivity contribution in [1.29, 1.82) is 0 Å². The smallest absolute Gasteiger partial charge is 0.253 e. The van der Waals surface area contributed by atoms with Crippen molar-refractivity contribution in [3.63, 3.8) is 0 Å². The minimum atomic E-state index is -0.477. The fourth-order valence-corrected chi connectivity index (χ4v) is 2.91. The first-order chi connectivity index (χ1) is 10.1. The molecule has 1 heterocycles. The van der Waals surface area contributed by atoms with Gasteiger partial charge in [-0.1, -0.05) is 41.9 Å². The lowest BCUT2D eigenvalue weighted by atomic mass is 9.98. The SMILES string of the molecule is Cc1c(-c2cccc(Cl)c2)nc2ccccc2c1C(=O)Cl. The second-order valence-electron chi connectivity index (χ2n) is 4.76. The summed E-state index contributed by atoms with van der Waals surface area (Å²) in [6.45, 7) is 1.85. The zero-order valence-electron chi connectivity index (χ0n) is 11.2. The predicted octanol–water partition coefficient (Wildman–Crippen LogP) is 5.24. The van der Waals surface area contributed by atoms with E-state index in [1.807, 2.05) is 49.4 Å². The van der Waals surface area contributed by atoms with Gasteiger partial charge in [-0.2, -0.15) is 0 Å². The van der Waals surface area contributed by atoms with Gasteiger partial charge in [-0.3, -0.25) is 4.79 Å². The summed E-state index contributed by atoms with van der Waals surface area (Å²) < 4.78 is 0. The highest BCUT2D eigenvalue weighted by molar-refractivity contribution is 6.68. The van der Waals surface area contributed by atoms with E-state index in [0.717, 1.165) is 27.7 Å². The highest BCUT2D eigenvalue weighted by Gasteiger charge is 2.17. The lowest BCUT2D eigenvalue weighted by molar-refractivity contribution is 0.108. The second kappa shape index (κ2) is 5.47. The van der Waals surface area contributed by atoms with Crippen LogP contribution in [0.3, 0.4) is 0 Å². The number of pyridine rings is 1. The van der Waals surface area contributed by atoms with Crippen LogP contribution >= 0.6 is 23.2 Å². The Labute approximate surface area is 132 Å². The zero-order valence-corrected chi connectivity index (χ0v) is 12.7. The first-order valence-electron chi connectivity index (χ1n) is 6.43. The van der Waals surface area contributed by atoms with E-state index >= 15 is 0 Å². The molecule has 0 unspecified atom stereocenters. The van der Waals surface area contributed by atoms with Crippen molar-refractivity contribution in [2.45, 2.75) is 6.92 Å². The number of halogens is 2. The van der Waals surface area contributed by atoms with Gasteiger partial charge in [0.1, 0.15) is 0 Å². The molecule has 0 saturated carbocycles. The van der Waals surface area contributed by atoms with Crippen LogP contribution in [0.2, 0.25) is 5.02 Å². The maximum Gasteiger partial charge on any atom is 0.253 e. The summed E-state index contributed by atoms with van der Waals surface area (Å²) in [7, 11) is 0. The van der Waals surface area contributed by atoms with Crippen molar-refractivity contribution in [2.24, 2.45) is 0 Å². The third kappa shape index (κ3) is 2.53. The monoisotopic (exact) mass is 315 g/mol. The lowest BCUT2D eigenvalue weighted by Crippen LogP contribution is -2.01. The van der Waals surface area contributed by atoms with E-state index in [1.54, 1.807) is 6.07 Å². The highest BCUT2D eigenvalue weighted by Crippen LogP contribution is 2.31. The predicted molar refractivity (Wildman–Crippen MR) is 87.1 cm³/mol. The van der Waals surface area contributed by atoms with E-state index in [1.165, 1.54) is 0 Å². The molecule has 0 atom stereocenters.